The maximum absolute atomic E-state index is 11.5. The third-order valence-corrected chi connectivity index (χ3v) is 2.44. The number of aromatic nitrogens is 1. The molecule has 0 aliphatic carbocycles. The quantitative estimate of drug-likeness (QED) is 0.672. The fourth-order valence-electron chi connectivity index (χ4n) is 1.15. The number of rotatable bonds is 4. The number of carbonyl (C=O) groups excluding carboxylic acids is 1. The van der Waals surface area contributed by atoms with E-state index >= 15 is 0 Å². The average Bonchev–Trinajstić information content (AvgIpc) is 2.55. The Bertz CT molecular complexity index is 243. The van der Waals surface area contributed by atoms with E-state index in [-0.39, 0.29) is 11.7 Å². The molecule has 0 spiro atoms. The highest BCUT2D eigenvalue weighted by molar-refractivity contribution is 7.07. The lowest BCUT2D eigenvalue weighted by atomic mass is 9.99. The van der Waals surface area contributed by atoms with Gasteiger partial charge in [0.2, 0.25) is 0 Å². The Morgan fingerprint density at radius 3 is 3.00 bits per heavy atom. The van der Waals surface area contributed by atoms with Crippen LogP contribution >= 0.6 is 11.3 Å². The average molecular weight is 183 g/mol. The summed E-state index contributed by atoms with van der Waals surface area (Å²) in [4.78, 5) is 15.5. The lowest BCUT2D eigenvalue weighted by molar-refractivity contribution is 0.0919. The molecule has 0 radical (unpaired) electrons. The Balaban J connectivity index is 2.59. The van der Waals surface area contributed by atoms with Crippen LogP contribution in [0, 0.1) is 5.92 Å². The van der Waals surface area contributed by atoms with Crippen molar-refractivity contribution in [1.29, 1.82) is 0 Å². The second-order valence-electron chi connectivity index (χ2n) is 2.93. The molecule has 0 saturated heterocycles. The van der Waals surface area contributed by atoms with Gasteiger partial charge in [0.1, 0.15) is 5.69 Å². The summed E-state index contributed by atoms with van der Waals surface area (Å²) in [5.74, 6) is 0.301. The lowest BCUT2D eigenvalue weighted by Crippen LogP contribution is -2.11. The highest BCUT2D eigenvalue weighted by atomic mass is 32.1. The largest absolute Gasteiger partial charge is 0.292 e. The van der Waals surface area contributed by atoms with Crippen LogP contribution in [0.2, 0.25) is 0 Å². The highest BCUT2D eigenvalue weighted by Crippen LogP contribution is 2.13. The zero-order valence-electron chi connectivity index (χ0n) is 7.41. The number of hydrogen-bond acceptors (Lipinski definition) is 3. The molecule has 0 aliphatic rings. The van der Waals surface area contributed by atoms with E-state index in [1.165, 1.54) is 11.3 Å². The van der Waals surface area contributed by atoms with Gasteiger partial charge in [-0.25, -0.2) is 4.98 Å². The fourth-order valence-corrected chi connectivity index (χ4v) is 1.69. The van der Waals surface area contributed by atoms with E-state index in [0.29, 0.717) is 5.69 Å². The van der Waals surface area contributed by atoms with E-state index < -0.39 is 0 Å². The van der Waals surface area contributed by atoms with E-state index in [9.17, 15) is 4.79 Å². The van der Waals surface area contributed by atoms with Crippen molar-refractivity contribution in [2.45, 2.75) is 26.7 Å². The summed E-state index contributed by atoms with van der Waals surface area (Å²) in [6, 6.07) is 0. The molecule has 12 heavy (non-hydrogen) atoms. The second-order valence-corrected chi connectivity index (χ2v) is 3.65. The van der Waals surface area contributed by atoms with Crippen LogP contribution in [0.4, 0.5) is 0 Å². The van der Waals surface area contributed by atoms with Crippen LogP contribution in [-0.2, 0) is 0 Å². The Morgan fingerprint density at radius 1 is 1.75 bits per heavy atom. The smallest absolute Gasteiger partial charge is 0.184 e. The van der Waals surface area contributed by atoms with Gasteiger partial charge in [-0.3, -0.25) is 4.79 Å². The van der Waals surface area contributed by atoms with Crippen molar-refractivity contribution in [3.63, 3.8) is 0 Å². The van der Waals surface area contributed by atoms with Crippen LogP contribution in [0.15, 0.2) is 10.9 Å². The Labute approximate surface area is 76.6 Å². The predicted octanol–water partition coefficient (Wildman–Crippen LogP) is 2.76. The predicted molar refractivity (Wildman–Crippen MR) is 50.5 cm³/mol. The van der Waals surface area contributed by atoms with Crippen molar-refractivity contribution in [1.82, 2.24) is 4.98 Å². The van der Waals surface area contributed by atoms with Gasteiger partial charge in [-0.1, -0.05) is 20.3 Å². The van der Waals surface area contributed by atoms with E-state index in [0.717, 1.165) is 12.8 Å². The van der Waals surface area contributed by atoms with Crippen molar-refractivity contribution in [3.8, 4) is 0 Å². The molecule has 2 nitrogen and oxygen atoms in total. The van der Waals surface area contributed by atoms with Crippen LogP contribution in [0.3, 0.4) is 0 Å². The van der Waals surface area contributed by atoms with E-state index in [1.807, 2.05) is 12.3 Å². The summed E-state index contributed by atoms with van der Waals surface area (Å²) in [5, 5.41) is 1.81. The van der Waals surface area contributed by atoms with E-state index in [2.05, 4.69) is 11.9 Å². The topological polar surface area (TPSA) is 30.0 Å². The molecule has 0 fully saturated rings. The SMILES string of the molecule is CCCC(C)C(=O)c1cscn1. The Kier molecular flexibility index (Phi) is 3.41. The summed E-state index contributed by atoms with van der Waals surface area (Å²) < 4.78 is 0. The Hall–Kier alpha value is -0.700. The van der Waals surface area contributed by atoms with Crippen molar-refractivity contribution >= 4 is 17.1 Å². The molecule has 0 saturated carbocycles. The molecule has 1 heterocycles. The molecule has 0 N–H and O–H groups in total. The molecular formula is C9H13NOS. The normalized spacial score (nSPS) is 12.8. The molecule has 1 atom stereocenters. The number of Topliss-reactive ketones (excluding diaryl/α,β-unsaturated/α-hetero) is 1. The van der Waals surface area contributed by atoms with Gasteiger partial charge in [-0.15, -0.1) is 11.3 Å². The number of hydrogen-bond donors (Lipinski definition) is 0. The van der Waals surface area contributed by atoms with Crippen molar-refractivity contribution in [2.75, 3.05) is 0 Å². The van der Waals surface area contributed by atoms with Crippen LogP contribution in [0.25, 0.3) is 0 Å². The summed E-state index contributed by atoms with van der Waals surface area (Å²) >= 11 is 1.47. The summed E-state index contributed by atoms with van der Waals surface area (Å²) in [7, 11) is 0. The molecule has 0 bridgehead atoms. The first-order valence-corrected chi connectivity index (χ1v) is 5.12. The van der Waals surface area contributed by atoms with Gasteiger partial charge in [0.15, 0.2) is 5.78 Å². The third-order valence-electron chi connectivity index (χ3n) is 1.85. The second kappa shape index (κ2) is 4.36. The maximum Gasteiger partial charge on any atom is 0.184 e. The standard InChI is InChI=1S/C9H13NOS/c1-3-4-7(2)9(11)8-5-12-6-10-8/h5-7H,3-4H2,1-2H3. The van der Waals surface area contributed by atoms with E-state index in [1.54, 1.807) is 5.51 Å². The van der Waals surface area contributed by atoms with Gasteiger partial charge in [0, 0.05) is 11.3 Å². The van der Waals surface area contributed by atoms with E-state index in [4.69, 9.17) is 0 Å². The lowest BCUT2D eigenvalue weighted by Gasteiger charge is -2.05. The molecule has 1 unspecified atom stereocenters. The molecular weight excluding hydrogens is 170 g/mol. The van der Waals surface area contributed by atoms with Crippen molar-refractivity contribution in [2.24, 2.45) is 5.92 Å². The molecule has 1 aromatic heterocycles. The minimum atomic E-state index is 0.122. The van der Waals surface area contributed by atoms with Gasteiger partial charge in [0.05, 0.1) is 5.51 Å². The third kappa shape index (κ3) is 2.14. The number of ketones is 1. The van der Waals surface area contributed by atoms with Crippen LogP contribution in [0.1, 0.15) is 37.2 Å². The fraction of sp³-hybridized carbons (Fsp3) is 0.556. The summed E-state index contributed by atoms with van der Waals surface area (Å²) in [6.45, 7) is 4.05. The molecule has 0 amide bonds. The van der Waals surface area contributed by atoms with Crippen LogP contribution in [0.5, 0.6) is 0 Å². The molecule has 0 aromatic carbocycles. The molecule has 3 heteroatoms. The monoisotopic (exact) mass is 183 g/mol. The minimum absolute atomic E-state index is 0.122. The maximum atomic E-state index is 11.5. The molecule has 1 rings (SSSR count). The van der Waals surface area contributed by atoms with Crippen molar-refractivity contribution in [3.05, 3.63) is 16.6 Å². The summed E-state index contributed by atoms with van der Waals surface area (Å²) in [6.07, 6.45) is 2.01. The number of thiazole rings is 1. The summed E-state index contributed by atoms with van der Waals surface area (Å²) in [5.41, 5.74) is 2.33. The zero-order valence-corrected chi connectivity index (χ0v) is 8.23. The highest BCUT2D eigenvalue weighted by Gasteiger charge is 2.15. The van der Waals surface area contributed by atoms with Crippen molar-refractivity contribution < 1.29 is 4.79 Å². The van der Waals surface area contributed by atoms with Crippen LogP contribution < -0.4 is 0 Å². The Morgan fingerprint density at radius 2 is 2.50 bits per heavy atom. The van der Waals surface area contributed by atoms with Gasteiger partial charge in [0.25, 0.3) is 0 Å². The van der Waals surface area contributed by atoms with Gasteiger partial charge >= 0.3 is 0 Å². The molecule has 0 aliphatic heterocycles. The molecule has 66 valence electrons. The minimum Gasteiger partial charge on any atom is -0.292 e. The van der Waals surface area contributed by atoms with Gasteiger partial charge in [-0.2, -0.15) is 0 Å². The first-order chi connectivity index (χ1) is 5.75. The number of carbonyl (C=O) groups is 1. The number of nitrogens with zero attached hydrogens (tertiary/aromatic N) is 1. The van der Waals surface area contributed by atoms with Gasteiger partial charge < -0.3 is 0 Å². The first-order valence-electron chi connectivity index (χ1n) is 4.18. The van der Waals surface area contributed by atoms with Gasteiger partial charge in [-0.05, 0) is 6.42 Å². The molecule has 1 aromatic rings. The first kappa shape index (κ1) is 9.39. The zero-order chi connectivity index (χ0) is 8.97. The van der Waals surface area contributed by atoms with Crippen LogP contribution in [-0.4, -0.2) is 10.8 Å².